The van der Waals surface area contributed by atoms with Crippen molar-refractivity contribution in [2.45, 2.75) is 0 Å². The number of non-ortho nitro benzene ring substituents is 1. The third-order valence-electron chi connectivity index (χ3n) is 2.28. The first kappa shape index (κ1) is 12.7. The van der Waals surface area contributed by atoms with Crippen molar-refractivity contribution in [1.82, 2.24) is 0 Å². The summed E-state index contributed by atoms with van der Waals surface area (Å²) in [5.41, 5.74) is 1.19. The van der Waals surface area contributed by atoms with Crippen LogP contribution >= 0.6 is 0 Å². The van der Waals surface area contributed by atoms with Crippen LogP contribution in [0.4, 0.5) is 5.69 Å². The van der Waals surface area contributed by atoms with Gasteiger partial charge in [-0.25, -0.2) is 0 Å². The minimum Gasteiger partial charge on any atom is -0.507 e. The summed E-state index contributed by atoms with van der Waals surface area (Å²) in [6.07, 6.45) is 0. The van der Waals surface area contributed by atoms with Gasteiger partial charge in [-0.2, -0.15) is 0 Å². The van der Waals surface area contributed by atoms with E-state index in [0.29, 0.717) is 5.56 Å². The van der Waals surface area contributed by atoms with Gasteiger partial charge in [0.05, 0.1) is 4.92 Å². The maximum atomic E-state index is 10.6. The second-order valence-electron chi connectivity index (χ2n) is 3.32. The van der Waals surface area contributed by atoms with Gasteiger partial charge < -0.3 is 10.6 Å². The molecule has 0 spiro atoms. The molecule has 0 saturated carbocycles. The zero-order chi connectivity index (χ0) is 11.5. The van der Waals surface area contributed by atoms with Gasteiger partial charge >= 0.3 is 0 Å². The lowest BCUT2D eigenvalue weighted by atomic mass is 10.0. The summed E-state index contributed by atoms with van der Waals surface area (Å²) in [5, 5.41) is 20.3. The Morgan fingerprint density at radius 2 is 1.71 bits per heavy atom. The molecule has 2 aromatic rings. The number of rotatable bonds is 2. The second kappa shape index (κ2) is 5.09. The van der Waals surface area contributed by atoms with E-state index in [-0.39, 0.29) is 16.9 Å². The van der Waals surface area contributed by atoms with E-state index in [4.69, 9.17) is 0 Å². The summed E-state index contributed by atoms with van der Waals surface area (Å²) in [6.45, 7) is 0. The summed E-state index contributed by atoms with van der Waals surface area (Å²) in [4.78, 5) is 10.1. The molecular weight excluding hydrogens is 222 g/mol. The molecular formula is C12H11NO4. The number of aromatic hydroxyl groups is 1. The van der Waals surface area contributed by atoms with Crippen molar-refractivity contribution < 1.29 is 15.5 Å². The molecule has 5 heteroatoms. The van der Waals surface area contributed by atoms with Crippen molar-refractivity contribution in [1.29, 1.82) is 0 Å². The molecule has 0 heterocycles. The van der Waals surface area contributed by atoms with Gasteiger partial charge in [-0.3, -0.25) is 10.1 Å². The first-order valence-corrected chi connectivity index (χ1v) is 4.71. The highest BCUT2D eigenvalue weighted by Crippen LogP contribution is 2.32. The number of phenols is 1. The van der Waals surface area contributed by atoms with E-state index >= 15 is 0 Å². The van der Waals surface area contributed by atoms with Gasteiger partial charge in [-0.1, -0.05) is 30.3 Å². The van der Waals surface area contributed by atoms with Crippen LogP contribution in [0.3, 0.4) is 0 Å². The number of hydrogen-bond donors (Lipinski definition) is 1. The van der Waals surface area contributed by atoms with Gasteiger partial charge in [-0.05, 0) is 11.6 Å². The van der Waals surface area contributed by atoms with E-state index in [1.165, 1.54) is 18.2 Å². The lowest BCUT2D eigenvalue weighted by Gasteiger charge is -2.03. The predicted octanol–water partition coefficient (Wildman–Crippen LogP) is 2.14. The van der Waals surface area contributed by atoms with Crippen molar-refractivity contribution in [2.75, 3.05) is 0 Å². The number of phenolic OH excluding ortho intramolecular Hbond substituents is 1. The van der Waals surface area contributed by atoms with Crippen molar-refractivity contribution in [3.63, 3.8) is 0 Å². The Kier molecular flexibility index (Phi) is 3.79. The third kappa shape index (κ3) is 2.59. The van der Waals surface area contributed by atoms with Gasteiger partial charge in [-0.15, -0.1) is 0 Å². The van der Waals surface area contributed by atoms with Gasteiger partial charge in [0.2, 0.25) is 0 Å². The molecule has 3 N–H and O–H groups in total. The minimum absolute atomic E-state index is 0. The van der Waals surface area contributed by atoms with E-state index in [1.807, 2.05) is 18.2 Å². The highest BCUT2D eigenvalue weighted by Gasteiger charge is 2.11. The van der Waals surface area contributed by atoms with Crippen molar-refractivity contribution in [2.24, 2.45) is 0 Å². The van der Waals surface area contributed by atoms with Crippen molar-refractivity contribution >= 4 is 5.69 Å². The number of nitro benzene ring substituents is 1. The lowest BCUT2D eigenvalue weighted by molar-refractivity contribution is -0.384. The molecule has 2 rings (SSSR count). The summed E-state index contributed by atoms with van der Waals surface area (Å²) in [6, 6.07) is 13.0. The maximum absolute atomic E-state index is 10.6. The van der Waals surface area contributed by atoms with Gasteiger partial charge in [0.1, 0.15) is 5.75 Å². The van der Waals surface area contributed by atoms with Crippen LogP contribution in [0, 0.1) is 10.1 Å². The van der Waals surface area contributed by atoms with Crippen LogP contribution in [0.1, 0.15) is 0 Å². The smallest absolute Gasteiger partial charge is 0.270 e. The molecule has 0 aliphatic rings. The lowest BCUT2D eigenvalue weighted by Crippen LogP contribution is -1.88. The Morgan fingerprint density at radius 1 is 1.06 bits per heavy atom. The summed E-state index contributed by atoms with van der Waals surface area (Å²) in [5.74, 6) is 0.0387. The van der Waals surface area contributed by atoms with Crippen LogP contribution in [0.5, 0.6) is 5.75 Å². The van der Waals surface area contributed by atoms with E-state index in [0.717, 1.165) is 5.56 Å². The molecule has 0 unspecified atom stereocenters. The summed E-state index contributed by atoms with van der Waals surface area (Å²) < 4.78 is 0. The number of nitrogens with zero attached hydrogens (tertiary/aromatic N) is 1. The molecule has 0 amide bonds. The van der Waals surface area contributed by atoms with Crippen molar-refractivity contribution in [3.05, 3.63) is 58.6 Å². The summed E-state index contributed by atoms with van der Waals surface area (Å²) >= 11 is 0. The topological polar surface area (TPSA) is 94.9 Å². The molecule has 0 fully saturated rings. The van der Waals surface area contributed by atoms with E-state index in [2.05, 4.69) is 0 Å². The standard InChI is InChI=1S/C12H9NO3.H2O/c14-12-7-6-10(13(15)16)8-11(12)9-4-2-1-3-5-9;/h1-8,14H;1H2. The first-order valence-electron chi connectivity index (χ1n) is 4.71. The largest absolute Gasteiger partial charge is 0.507 e. The number of nitro groups is 1. The third-order valence-corrected chi connectivity index (χ3v) is 2.28. The average Bonchev–Trinajstić information content (AvgIpc) is 2.30. The van der Waals surface area contributed by atoms with Gasteiger partial charge in [0.25, 0.3) is 5.69 Å². The second-order valence-corrected chi connectivity index (χ2v) is 3.32. The normalized spacial score (nSPS) is 9.41. The molecule has 0 aliphatic carbocycles. The predicted molar refractivity (Wildman–Crippen MR) is 63.8 cm³/mol. The fourth-order valence-electron chi connectivity index (χ4n) is 1.49. The van der Waals surface area contributed by atoms with Crippen LogP contribution in [0.15, 0.2) is 48.5 Å². The SMILES string of the molecule is O.O=[N+]([O-])c1ccc(O)c(-c2ccccc2)c1. The maximum Gasteiger partial charge on any atom is 0.270 e. The zero-order valence-electron chi connectivity index (χ0n) is 8.83. The molecule has 0 radical (unpaired) electrons. The Balaban J connectivity index is 0.00000144. The van der Waals surface area contributed by atoms with Crippen LogP contribution in [-0.2, 0) is 0 Å². The molecule has 0 bridgehead atoms. The van der Waals surface area contributed by atoms with Crippen molar-refractivity contribution in [3.8, 4) is 16.9 Å². The van der Waals surface area contributed by atoms with E-state index in [9.17, 15) is 15.2 Å². The fraction of sp³-hybridized carbons (Fsp3) is 0. The van der Waals surface area contributed by atoms with E-state index < -0.39 is 4.92 Å². The molecule has 88 valence electrons. The highest BCUT2D eigenvalue weighted by atomic mass is 16.6. The quantitative estimate of drug-likeness (QED) is 0.635. The van der Waals surface area contributed by atoms with E-state index in [1.54, 1.807) is 12.1 Å². The van der Waals surface area contributed by atoms with Crippen LogP contribution < -0.4 is 0 Å². The molecule has 0 saturated heterocycles. The Morgan fingerprint density at radius 3 is 2.29 bits per heavy atom. The average molecular weight is 233 g/mol. The highest BCUT2D eigenvalue weighted by molar-refractivity contribution is 5.72. The number of hydrogen-bond acceptors (Lipinski definition) is 3. The molecule has 17 heavy (non-hydrogen) atoms. The fourth-order valence-corrected chi connectivity index (χ4v) is 1.49. The van der Waals surface area contributed by atoms with Crippen LogP contribution in [0.25, 0.3) is 11.1 Å². The molecule has 5 nitrogen and oxygen atoms in total. The van der Waals surface area contributed by atoms with Crippen LogP contribution in [0.2, 0.25) is 0 Å². The molecule has 0 aliphatic heterocycles. The Hall–Kier alpha value is -2.40. The molecule has 0 atom stereocenters. The first-order chi connectivity index (χ1) is 7.68. The molecule has 2 aromatic carbocycles. The van der Waals surface area contributed by atoms with Gasteiger partial charge in [0.15, 0.2) is 0 Å². The van der Waals surface area contributed by atoms with Crippen LogP contribution in [-0.4, -0.2) is 15.5 Å². The monoisotopic (exact) mass is 233 g/mol. The van der Waals surface area contributed by atoms with Gasteiger partial charge in [0, 0.05) is 17.7 Å². The Bertz CT molecular complexity index is 525. The minimum atomic E-state index is -0.480. The summed E-state index contributed by atoms with van der Waals surface area (Å²) in [7, 11) is 0. The molecule has 0 aromatic heterocycles. The zero-order valence-corrected chi connectivity index (χ0v) is 8.83. The Labute approximate surface area is 97.4 Å². The number of benzene rings is 2.